The molecule has 2 N–H and O–H groups in total. The minimum absolute atomic E-state index is 0.102. The molecule has 0 radical (unpaired) electrons. The maximum Gasteiger partial charge on any atom is 0.222 e. The molecule has 1 amide bonds. The Kier molecular flexibility index (Phi) is 2.52. The molecule has 0 saturated carbocycles. The lowest BCUT2D eigenvalue weighted by Crippen LogP contribution is -2.48. The summed E-state index contributed by atoms with van der Waals surface area (Å²) in [5.74, 6) is 0.279. The predicted octanol–water partition coefficient (Wildman–Crippen LogP) is 1.04. The molecular formula is C11H20N2O. The van der Waals surface area contributed by atoms with E-state index in [4.69, 9.17) is 0 Å². The van der Waals surface area contributed by atoms with Gasteiger partial charge in [0.15, 0.2) is 0 Å². The van der Waals surface area contributed by atoms with Crippen molar-refractivity contribution in [3.05, 3.63) is 0 Å². The number of carbonyl (C=O) groups is 1. The van der Waals surface area contributed by atoms with E-state index in [1.165, 1.54) is 25.7 Å². The van der Waals surface area contributed by atoms with Gasteiger partial charge in [-0.1, -0.05) is 13.8 Å². The molecule has 0 aromatic rings. The number of hydrogen-bond donors (Lipinski definition) is 2. The van der Waals surface area contributed by atoms with Gasteiger partial charge in [0.25, 0.3) is 0 Å². The number of amides is 1. The van der Waals surface area contributed by atoms with E-state index in [9.17, 15) is 4.79 Å². The molecule has 2 aliphatic heterocycles. The molecule has 3 heteroatoms. The first-order chi connectivity index (χ1) is 6.61. The van der Waals surface area contributed by atoms with Crippen LogP contribution in [0.5, 0.6) is 0 Å². The van der Waals surface area contributed by atoms with Gasteiger partial charge < -0.3 is 10.6 Å². The molecule has 0 aliphatic carbocycles. The minimum Gasteiger partial charge on any atom is -0.354 e. The number of nitrogens with one attached hydrogen (secondary N) is 2. The average molecular weight is 196 g/mol. The van der Waals surface area contributed by atoms with Gasteiger partial charge in [-0.25, -0.2) is 0 Å². The molecule has 2 bridgehead atoms. The maximum atomic E-state index is 11.4. The van der Waals surface area contributed by atoms with Gasteiger partial charge in [0.1, 0.15) is 0 Å². The standard InChI is InChI=1S/C11H20N2O/c1-8(2)10(14)12-7-11-5-3-9(13-11)4-6-11/h8-9,13H,3-7H2,1-2H3,(H,12,14). The van der Waals surface area contributed by atoms with Crippen molar-refractivity contribution in [3.63, 3.8) is 0 Å². The zero-order valence-corrected chi connectivity index (χ0v) is 9.10. The molecular weight excluding hydrogens is 176 g/mol. The van der Waals surface area contributed by atoms with Gasteiger partial charge >= 0.3 is 0 Å². The quantitative estimate of drug-likeness (QED) is 0.708. The summed E-state index contributed by atoms with van der Waals surface area (Å²) in [5.41, 5.74) is 0.245. The Morgan fingerprint density at radius 3 is 2.57 bits per heavy atom. The number of carbonyl (C=O) groups excluding carboxylic acids is 1. The molecule has 2 saturated heterocycles. The number of fused-ring (bicyclic) bond motifs is 2. The zero-order chi connectivity index (χ0) is 10.2. The summed E-state index contributed by atoms with van der Waals surface area (Å²) in [7, 11) is 0. The van der Waals surface area contributed by atoms with Crippen LogP contribution in [0.4, 0.5) is 0 Å². The average Bonchev–Trinajstić information content (AvgIpc) is 2.74. The third kappa shape index (κ3) is 1.78. The van der Waals surface area contributed by atoms with E-state index in [0.717, 1.165) is 12.6 Å². The second kappa shape index (κ2) is 3.54. The second-order valence-corrected chi connectivity index (χ2v) is 5.07. The topological polar surface area (TPSA) is 41.1 Å². The SMILES string of the molecule is CC(C)C(=O)NCC12CCC(CC1)N2. The Morgan fingerprint density at radius 2 is 2.14 bits per heavy atom. The van der Waals surface area contributed by atoms with Crippen molar-refractivity contribution in [2.24, 2.45) is 5.92 Å². The molecule has 2 aliphatic rings. The van der Waals surface area contributed by atoms with Crippen molar-refractivity contribution >= 4 is 5.91 Å². The first-order valence-electron chi connectivity index (χ1n) is 5.67. The van der Waals surface area contributed by atoms with Crippen molar-refractivity contribution in [2.75, 3.05) is 6.54 Å². The molecule has 0 aromatic carbocycles. The zero-order valence-electron chi connectivity index (χ0n) is 9.10. The summed E-state index contributed by atoms with van der Waals surface area (Å²) in [6.07, 6.45) is 5.04. The Bertz CT molecular complexity index is 229. The van der Waals surface area contributed by atoms with Crippen molar-refractivity contribution in [1.29, 1.82) is 0 Å². The van der Waals surface area contributed by atoms with Crippen LogP contribution in [0.1, 0.15) is 39.5 Å². The Balaban J connectivity index is 1.83. The fraction of sp³-hybridized carbons (Fsp3) is 0.909. The lowest BCUT2D eigenvalue weighted by Gasteiger charge is -2.26. The monoisotopic (exact) mass is 196 g/mol. The minimum atomic E-state index is 0.102. The predicted molar refractivity (Wildman–Crippen MR) is 56.0 cm³/mol. The van der Waals surface area contributed by atoms with Crippen LogP contribution >= 0.6 is 0 Å². The molecule has 0 aromatic heterocycles. The van der Waals surface area contributed by atoms with E-state index < -0.39 is 0 Å². The molecule has 14 heavy (non-hydrogen) atoms. The lowest BCUT2D eigenvalue weighted by molar-refractivity contribution is -0.124. The fourth-order valence-corrected chi connectivity index (χ4v) is 2.58. The van der Waals surface area contributed by atoms with Crippen LogP contribution < -0.4 is 10.6 Å². The molecule has 2 heterocycles. The van der Waals surface area contributed by atoms with Crippen LogP contribution in [-0.2, 0) is 4.79 Å². The first-order valence-corrected chi connectivity index (χ1v) is 5.67. The highest BCUT2D eigenvalue weighted by Crippen LogP contribution is 2.36. The van der Waals surface area contributed by atoms with E-state index >= 15 is 0 Å². The summed E-state index contributed by atoms with van der Waals surface area (Å²) in [6.45, 7) is 4.69. The summed E-state index contributed by atoms with van der Waals surface area (Å²) in [6, 6.07) is 0.728. The van der Waals surface area contributed by atoms with Crippen molar-refractivity contribution < 1.29 is 4.79 Å². The third-order valence-electron chi connectivity index (χ3n) is 3.58. The van der Waals surface area contributed by atoms with Crippen molar-refractivity contribution in [2.45, 2.75) is 51.1 Å². The fourth-order valence-electron chi connectivity index (χ4n) is 2.58. The highest BCUT2D eigenvalue weighted by Gasteiger charge is 2.44. The summed E-state index contributed by atoms with van der Waals surface area (Å²) in [5, 5.41) is 6.66. The first kappa shape index (κ1) is 9.97. The number of hydrogen-bond acceptors (Lipinski definition) is 2. The van der Waals surface area contributed by atoms with E-state index in [1.54, 1.807) is 0 Å². The highest BCUT2D eigenvalue weighted by molar-refractivity contribution is 5.77. The van der Waals surface area contributed by atoms with Crippen LogP contribution in [-0.4, -0.2) is 24.0 Å². The van der Waals surface area contributed by atoms with Crippen LogP contribution in [0, 0.1) is 5.92 Å². The van der Waals surface area contributed by atoms with Crippen LogP contribution in [0.2, 0.25) is 0 Å². The molecule has 80 valence electrons. The van der Waals surface area contributed by atoms with E-state index in [0.29, 0.717) is 0 Å². The van der Waals surface area contributed by atoms with E-state index in [-0.39, 0.29) is 17.4 Å². The summed E-state index contributed by atoms with van der Waals surface area (Å²) < 4.78 is 0. The molecule has 3 nitrogen and oxygen atoms in total. The number of rotatable bonds is 3. The second-order valence-electron chi connectivity index (χ2n) is 5.07. The van der Waals surface area contributed by atoms with Gasteiger partial charge in [-0.05, 0) is 25.7 Å². The molecule has 0 unspecified atom stereocenters. The van der Waals surface area contributed by atoms with Gasteiger partial charge in [0, 0.05) is 24.0 Å². The maximum absolute atomic E-state index is 11.4. The Labute approximate surface area is 85.6 Å². The van der Waals surface area contributed by atoms with Gasteiger partial charge in [0.2, 0.25) is 5.91 Å². The Morgan fingerprint density at radius 1 is 1.50 bits per heavy atom. The van der Waals surface area contributed by atoms with Gasteiger partial charge in [-0.15, -0.1) is 0 Å². The van der Waals surface area contributed by atoms with E-state index in [1.807, 2.05) is 13.8 Å². The normalized spacial score (nSPS) is 35.2. The van der Waals surface area contributed by atoms with Crippen LogP contribution in [0.25, 0.3) is 0 Å². The van der Waals surface area contributed by atoms with Crippen molar-refractivity contribution in [1.82, 2.24) is 10.6 Å². The highest BCUT2D eigenvalue weighted by atomic mass is 16.1. The van der Waals surface area contributed by atoms with Gasteiger partial charge in [-0.2, -0.15) is 0 Å². The van der Waals surface area contributed by atoms with Crippen LogP contribution in [0.3, 0.4) is 0 Å². The molecule has 0 atom stereocenters. The van der Waals surface area contributed by atoms with Crippen molar-refractivity contribution in [3.8, 4) is 0 Å². The molecule has 2 fully saturated rings. The molecule has 2 rings (SSSR count). The van der Waals surface area contributed by atoms with Crippen LogP contribution in [0.15, 0.2) is 0 Å². The van der Waals surface area contributed by atoms with Gasteiger partial charge in [0.05, 0.1) is 0 Å². The lowest BCUT2D eigenvalue weighted by atomic mass is 9.88. The largest absolute Gasteiger partial charge is 0.354 e. The third-order valence-corrected chi connectivity index (χ3v) is 3.58. The Hall–Kier alpha value is -0.570. The molecule has 0 spiro atoms. The van der Waals surface area contributed by atoms with Gasteiger partial charge in [-0.3, -0.25) is 4.79 Å². The van der Waals surface area contributed by atoms with E-state index in [2.05, 4.69) is 10.6 Å². The summed E-state index contributed by atoms with van der Waals surface area (Å²) >= 11 is 0. The smallest absolute Gasteiger partial charge is 0.222 e. The summed E-state index contributed by atoms with van der Waals surface area (Å²) in [4.78, 5) is 11.4.